The van der Waals surface area contributed by atoms with Gasteiger partial charge in [-0.1, -0.05) is 54.9 Å². The quantitative estimate of drug-likeness (QED) is 0.141. The number of carbonyl (C=O) groups is 2. The number of alkyl halides is 3. The third-order valence-corrected chi connectivity index (χ3v) is 10.8. The van der Waals surface area contributed by atoms with Gasteiger partial charge in [-0.15, -0.1) is 5.10 Å². The van der Waals surface area contributed by atoms with Crippen molar-refractivity contribution >= 4 is 46.5 Å². The number of hydrogen-bond donors (Lipinski definition) is 1. The van der Waals surface area contributed by atoms with Gasteiger partial charge in [0.2, 0.25) is 11.7 Å². The molecule has 7 rings (SSSR count). The van der Waals surface area contributed by atoms with E-state index < -0.39 is 52.0 Å². The number of fused-ring (bicyclic) bond motifs is 1. The molecule has 0 bridgehead atoms. The molecule has 5 heterocycles. The fraction of sp³-hybridized carbons (Fsp3) is 0.357. The van der Waals surface area contributed by atoms with Crippen molar-refractivity contribution in [3.8, 4) is 5.75 Å². The molecule has 60 heavy (non-hydrogen) atoms. The number of benzene rings is 2. The molecule has 0 spiro atoms. The van der Waals surface area contributed by atoms with E-state index in [1.54, 1.807) is 24.8 Å². The predicted molar refractivity (Wildman–Crippen MR) is 215 cm³/mol. The number of hydrogen-bond acceptors (Lipinski definition) is 9. The van der Waals surface area contributed by atoms with Crippen molar-refractivity contribution in [1.82, 2.24) is 34.0 Å². The Morgan fingerprint density at radius 3 is 2.62 bits per heavy atom. The minimum Gasteiger partial charge on any atom is -0.485 e. The van der Waals surface area contributed by atoms with Crippen LogP contribution in [-0.4, -0.2) is 71.1 Å². The lowest BCUT2D eigenvalue weighted by atomic mass is 9.98. The standard InChI is InChI=1S/C42H41ClF4N8O5/c1-5-31-28(18-26-19-41(3,4)54(20-26)39(58)35-36(24(2)48-23-49-35)60-22-25-10-7-6-8-11-25)38(57)55-40(51-37(52-55)27-12-9-16-59-17-15-27)53(31)21-32(56)50-30-14-13-29(42(45,46)47)34(44)33(30)43/h6-8,10-11,13-15,18,23H,5,9,12,16-17,19-22H2,1-4H3,(H,50,56)/b26-18+. The number of anilines is 1. The number of allylic oxidation sites excluding steroid dienone is 1. The minimum absolute atomic E-state index is 0.0330. The molecule has 0 saturated carbocycles. The largest absolute Gasteiger partial charge is 0.485 e. The number of likely N-dealkylation sites (tertiary alicyclic amines) is 1. The molecule has 314 valence electrons. The zero-order valence-electron chi connectivity index (χ0n) is 33.2. The molecule has 1 fully saturated rings. The average Bonchev–Trinajstić information content (AvgIpc) is 3.66. The van der Waals surface area contributed by atoms with E-state index in [2.05, 4.69) is 20.4 Å². The maximum atomic E-state index is 14.7. The van der Waals surface area contributed by atoms with E-state index >= 15 is 0 Å². The number of halogens is 5. The van der Waals surface area contributed by atoms with Gasteiger partial charge < -0.3 is 24.3 Å². The minimum atomic E-state index is -5.00. The first-order chi connectivity index (χ1) is 28.6. The smallest absolute Gasteiger partial charge is 0.419 e. The zero-order valence-corrected chi connectivity index (χ0v) is 34.0. The van der Waals surface area contributed by atoms with Gasteiger partial charge in [0.25, 0.3) is 11.5 Å². The Morgan fingerprint density at radius 2 is 1.88 bits per heavy atom. The molecule has 0 radical (unpaired) electrons. The van der Waals surface area contributed by atoms with Crippen molar-refractivity contribution in [1.29, 1.82) is 0 Å². The average molecular weight is 849 g/mol. The molecule has 18 heteroatoms. The molecule has 2 aromatic carbocycles. The Bertz CT molecular complexity index is 2610. The molecule has 1 N–H and O–H groups in total. The summed E-state index contributed by atoms with van der Waals surface area (Å²) in [7, 11) is 0. The first-order valence-corrected chi connectivity index (χ1v) is 19.6. The van der Waals surface area contributed by atoms with Gasteiger partial charge >= 0.3 is 6.18 Å². The molecule has 0 atom stereocenters. The van der Waals surface area contributed by atoms with Crippen LogP contribution in [-0.2, 0) is 35.3 Å². The molecule has 2 aliphatic rings. The summed E-state index contributed by atoms with van der Waals surface area (Å²) >= 11 is 5.97. The molecule has 0 aliphatic carbocycles. The maximum Gasteiger partial charge on any atom is 0.419 e. The van der Waals surface area contributed by atoms with Gasteiger partial charge in [-0.05, 0) is 81.4 Å². The SMILES string of the molecule is CCc1c(/C=C2/CN(C(=O)c3ncnc(C)c3OCc3ccccc3)C(C)(C)C2)c(=O)n2nc(C3=CCOCCC3)nc2n1CC(=O)Nc1ccc(C(F)(F)F)c(F)c1Cl. The second-order valence-corrected chi connectivity index (χ2v) is 15.5. The summed E-state index contributed by atoms with van der Waals surface area (Å²) < 4.78 is 69.0. The predicted octanol–water partition coefficient (Wildman–Crippen LogP) is 7.48. The van der Waals surface area contributed by atoms with E-state index in [4.69, 9.17) is 26.1 Å². The number of aromatic nitrogens is 6. The van der Waals surface area contributed by atoms with E-state index in [0.29, 0.717) is 49.9 Å². The van der Waals surface area contributed by atoms with Gasteiger partial charge in [0.05, 0.1) is 29.1 Å². The van der Waals surface area contributed by atoms with E-state index in [1.165, 1.54) is 10.9 Å². The molecular weight excluding hydrogens is 808 g/mol. The van der Waals surface area contributed by atoms with Gasteiger partial charge in [0.1, 0.15) is 24.5 Å². The lowest BCUT2D eigenvalue weighted by Gasteiger charge is -2.31. The van der Waals surface area contributed by atoms with Gasteiger partial charge in [-0.3, -0.25) is 14.4 Å². The Labute approximate surface area is 346 Å². The van der Waals surface area contributed by atoms with Gasteiger partial charge in [0, 0.05) is 24.4 Å². The summed E-state index contributed by atoms with van der Waals surface area (Å²) in [6.45, 7) is 7.99. The summed E-state index contributed by atoms with van der Waals surface area (Å²) in [6, 6.07) is 10.8. The van der Waals surface area contributed by atoms with E-state index in [9.17, 15) is 31.9 Å². The number of nitrogens with zero attached hydrogens (tertiary/aromatic N) is 7. The van der Waals surface area contributed by atoms with E-state index in [0.717, 1.165) is 27.3 Å². The topological polar surface area (TPSA) is 146 Å². The van der Waals surface area contributed by atoms with Crippen LogP contribution in [0.5, 0.6) is 5.75 Å². The highest BCUT2D eigenvalue weighted by molar-refractivity contribution is 6.34. The van der Waals surface area contributed by atoms with E-state index in [-0.39, 0.29) is 53.9 Å². The third kappa shape index (κ3) is 8.54. The Balaban J connectivity index is 1.26. The Hall–Kier alpha value is -5.94. The van der Waals surface area contributed by atoms with Crippen LogP contribution >= 0.6 is 11.6 Å². The van der Waals surface area contributed by atoms with Crippen LogP contribution in [0, 0.1) is 12.7 Å². The summed E-state index contributed by atoms with van der Waals surface area (Å²) in [5.74, 6) is -2.35. The van der Waals surface area contributed by atoms with Crippen molar-refractivity contribution in [2.24, 2.45) is 0 Å². The maximum absolute atomic E-state index is 14.7. The van der Waals surface area contributed by atoms with Gasteiger partial charge in [0.15, 0.2) is 23.1 Å². The van der Waals surface area contributed by atoms with Crippen molar-refractivity contribution in [3.05, 3.63) is 121 Å². The number of ether oxygens (including phenoxy) is 2. The molecule has 1 saturated heterocycles. The first-order valence-electron chi connectivity index (χ1n) is 19.2. The molecular formula is C42H41ClF4N8O5. The van der Waals surface area contributed by atoms with Crippen LogP contribution in [0.4, 0.5) is 23.2 Å². The fourth-order valence-corrected chi connectivity index (χ4v) is 7.69. The van der Waals surface area contributed by atoms with Crippen LogP contribution < -0.4 is 15.6 Å². The van der Waals surface area contributed by atoms with E-state index in [1.807, 2.05) is 50.3 Å². The van der Waals surface area contributed by atoms with Crippen molar-refractivity contribution in [2.45, 2.75) is 78.2 Å². The van der Waals surface area contributed by atoms with Gasteiger partial charge in [-0.25, -0.2) is 14.4 Å². The number of amides is 2. The van der Waals surface area contributed by atoms with Crippen LogP contribution in [0.3, 0.4) is 0 Å². The summed E-state index contributed by atoms with van der Waals surface area (Å²) in [4.78, 5) is 57.4. The molecule has 2 aliphatic heterocycles. The van der Waals surface area contributed by atoms with Crippen LogP contribution in [0.1, 0.15) is 84.4 Å². The Morgan fingerprint density at radius 1 is 1.12 bits per heavy atom. The first kappa shape index (κ1) is 42.2. The van der Waals surface area contributed by atoms with Crippen LogP contribution in [0.2, 0.25) is 5.02 Å². The Kier molecular flexibility index (Phi) is 11.9. The summed E-state index contributed by atoms with van der Waals surface area (Å²) in [5, 5.41) is 6.08. The number of nitrogens with one attached hydrogen (secondary N) is 1. The monoisotopic (exact) mass is 848 g/mol. The number of rotatable bonds is 10. The molecule has 5 aromatic rings. The summed E-state index contributed by atoms with van der Waals surface area (Å²) in [6.07, 6.45) is 1.70. The van der Waals surface area contributed by atoms with Crippen LogP contribution in [0.25, 0.3) is 17.4 Å². The second kappa shape index (κ2) is 17.0. The molecule has 13 nitrogen and oxygen atoms in total. The third-order valence-electron chi connectivity index (χ3n) is 10.4. The van der Waals surface area contributed by atoms with Crippen LogP contribution in [0.15, 0.2) is 65.2 Å². The van der Waals surface area contributed by atoms with Crippen molar-refractivity contribution in [2.75, 3.05) is 25.1 Å². The number of aryl methyl sites for hydroxylation is 1. The molecule has 2 amide bonds. The molecule has 0 unspecified atom stereocenters. The lowest BCUT2D eigenvalue weighted by Crippen LogP contribution is -2.43. The lowest BCUT2D eigenvalue weighted by molar-refractivity contribution is -0.140. The fourth-order valence-electron chi connectivity index (χ4n) is 7.47. The highest BCUT2D eigenvalue weighted by atomic mass is 35.5. The highest BCUT2D eigenvalue weighted by Crippen LogP contribution is 2.38. The second-order valence-electron chi connectivity index (χ2n) is 15.1. The van der Waals surface area contributed by atoms with Crippen molar-refractivity contribution in [3.63, 3.8) is 0 Å². The molecule has 3 aromatic heterocycles. The van der Waals surface area contributed by atoms with Crippen molar-refractivity contribution < 1.29 is 36.6 Å². The summed E-state index contributed by atoms with van der Waals surface area (Å²) in [5.41, 5.74) is 0.332. The zero-order chi connectivity index (χ0) is 42.9. The normalized spacial score (nSPS) is 16.2. The highest BCUT2D eigenvalue weighted by Gasteiger charge is 2.41. The number of carbonyl (C=O) groups excluding carboxylic acids is 2. The van der Waals surface area contributed by atoms with Gasteiger partial charge in [-0.2, -0.15) is 22.7 Å².